The van der Waals surface area contributed by atoms with E-state index in [1.165, 1.54) is 17.5 Å². The maximum Gasteiger partial charge on any atom is 0.263 e. The fourth-order valence-corrected chi connectivity index (χ4v) is 1.54. The summed E-state index contributed by atoms with van der Waals surface area (Å²) in [5.74, 6) is 0.266. The third-order valence-electron chi connectivity index (χ3n) is 1.75. The van der Waals surface area contributed by atoms with E-state index in [1.54, 1.807) is 12.4 Å². The second-order valence-corrected chi connectivity index (χ2v) is 3.72. The fourth-order valence-electron chi connectivity index (χ4n) is 1.01. The molecule has 7 nitrogen and oxygen atoms in total. The molecule has 0 aromatic carbocycles. The minimum Gasteiger partial charge on any atom is -0.341 e. The molecular weight excluding hydrogens is 216 g/mol. The maximum absolute atomic E-state index is 11.6. The van der Waals surface area contributed by atoms with Gasteiger partial charge in [-0.05, 0) is 6.92 Å². The van der Waals surface area contributed by atoms with Gasteiger partial charge in [-0.1, -0.05) is 5.21 Å². The SMILES string of the molecule is CC(NC(=O)c1cncs1)c1nn[nH]n1. The summed E-state index contributed by atoms with van der Waals surface area (Å²) in [5.41, 5.74) is 1.61. The Morgan fingerprint density at radius 1 is 1.67 bits per heavy atom. The van der Waals surface area contributed by atoms with Crippen LogP contribution in [0.3, 0.4) is 0 Å². The van der Waals surface area contributed by atoms with Gasteiger partial charge in [-0.3, -0.25) is 9.78 Å². The van der Waals surface area contributed by atoms with Gasteiger partial charge < -0.3 is 5.32 Å². The molecule has 1 amide bonds. The van der Waals surface area contributed by atoms with E-state index in [-0.39, 0.29) is 11.9 Å². The molecule has 2 N–H and O–H groups in total. The predicted octanol–water partition coefficient (Wildman–Crippen LogP) is 0.147. The topological polar surface area (TPSA) is 96.5 Å². The highest BCUT2D eigenvalue weighted by Gasteiger charge is 2.15. The van der Waals surface area contributed by atoms with Crippen molar-refractivity contribution < 1.29 is 4.79 Å². The second-order valence-electron chi connectivity index (χ2n) is 2.83. The Morgan fingerprint density at radius 3 is 3.13 bits per heavy atom. The van der Waals surface area contributed by atoms with E-state index in [1.807, 2.05) is 0 Å². The molecule has 8 heteroatoms. The Morgan fingerprint density at radius 2 is 2.53 bits per heavy atom. The standard InChI is InChI=1S/C7H8N6OS/c1-4(6-10-12-13-11-6)9-7(14)5-2-8-3-15-5/h2-4H,1H3,(H,9,14)(H,10,11,12,13). The Labute approximate surface area is 88.9 Å². The van der Waals surface area contributed by atoms with Crippen molar-refractivity contribution in [3.05, 3.63) is 22.4 Å². The number of aromatic nitrogens is 5. The van der Waals surface area contributed by atoms with Gasteiger partial charge in [0.1, 0.15) is 4.88 Å². The van der Waals surface area contributed by atoms with Crippen molar-refractivity contribution in [3.8, 4) is 0 Å². The normalized spacial score (nSPS) is 12.3. The van der Waals surface area contributed by atoms with Crippen LogP contribution in [0.5, 0.6) is 0 Å². The van der Waals surface area contributed by atoms with Crippen LogP contribution in [0.15, 0.2) is 11.7 Å². The minimum absolute atomic E-state index is 0.185. The zero-order chi connectivity index (χ0) is 10.7. The summed E-state index contributed by atoms with van der Waals surface area (Å²) >= 11 is 1.28. The lowest BCUT2D eigenvalue weighted by atomic mass is 10.3. The first kappa shape index (κ1) is 9.71. The predicted molar refractivity (Wildman–Crippen MR) is 52.2 cm³/mol. The van der Waals surface area contributed by atoms with Crippen LogP contribution in [0.25, 0.3) is 0 Å². The number of nitrogens with one attached hydrogen (secondary N) is 2. The molecule has 2 heterocycles. The minimum atomic E-state index is -0.279. The van der Waals surface area contributed by atoms with Crippen molar-refractivity contribution >= 4 is 17.2 Å². The molecule has 0 bridgehead atoms. The summed E-state index contributed by atoms with van der Waals surface area (Å²) in [6, 6.07) is -0.279. The Balaban J connectivity index is 2.01. The summed E-state index contributed by atoms with van der Waals surface area (Å²) in [5, 5.41) is 16.0. The Kier molecular flexibility index (Phi) is 2.68. The van der Waals surface area contributed by atoms with Crippen LogP contribution >= 0.6 is 11.3 Å². The zero-order valence-electron chi connectivity index (χ0n) is 7.84. The second kappa shape index (κ2) is 4.13. The van der Waals surface area contributed by atoms with Crippen LogP contribution in [0.4, 0.5) is 0 Å². The highest BCUT2D eigenvalue weighted by Crippen LogP contribution is 2.09. The third kappa shape index (κ3) is 2.15. The van der Waals surface area contributed by atoms with Crippen LogP contribution in [-0.4, -0.2) is 31.5 Å². The number of tetrazole rings is 1. The number of thiazole rings is 1. The van der Waals surface area contributed by atoms with Crippen molar-refractivity contribution in [3.63, 3.8) is 0 Å². The summed E-state index contributed by atoms with van der Waals surface area (Å²) in [7, 11) is 0. The lowest BCUT2D eigenvalue weighted by Gasteiger charge is -2.07. The van der Waals surface area contributed by atoms with Gasteiger partial charge in [-0.2, -0.15) is 5.21 Å². The van der Waals surface area contributed by atoms with E-state index in [0.717, 1.165) is 0 Å². The molecular formula is C7H8N6OS. The van der Waals surface area contributed by atoms with Gasteiger partial charge in [0.2, 0.25) is 0 Å². The highest BCUT2D eigenvalue weighted by molar-refractivity contribution is 7.11. The van der Waals surface area contributed by atoms with Crippen molar-refractivity contribution in [1.29, 1.82) is 0 Å². The summed E-state index contributed by atoms with van der Waals surface area (Å²) in [6.45, 7) is 1.78. The molecule has 0 radical (unpaired) electrons. The van der Waals surface area contributed by atoms with Crippen molar-refractivity contribution in [2.75, 3.05) is 0 Å². The molecule has 2 rings (SSSR count). The summed E-state index contributed by atoms with van der Waals surface area (Å²) < 4.78 is 0. The number of rotatable bonds is 3. The molecule has 0 aliphatic rings. The first-order valence-corrected chi connectivity index (χ1v) is 5.08. The van der Waals surface area contributed by atoms with E-state index >= 15 is 0 Å². The lowest BCUT2D eigenvalue weighted by Crippen LogP contribution is -2.26. The van der Waals surface area contributed by atoms with Crippen molar-refractivity contribution in [1.82, 2.24) is 30.9 Å². The molecule has 2 aromatic heterocycles. The average Bonchev–Trinajstić information content (AvgIpc) is 2.91. The average molecular weight is 224 g/mol. The van der Waals surface area contributed by atoms with Gasteiger partial charge in [0.25, 0.3) is 5.91 Å². The van der Waals surface area contributed by atoms with Crippen LogP contribution in [0, 0.1) is 0 Å². The number of aromatic amines is 1. The van der Waals surface area contributed by atoms with Gasteiger partial charge in [-0.25, -0.2) is 0 Å². The summed E-state index contributed by atoms with van der Waals surface area (Å²) in [4.78, 5) is 16.0. The molecule has 0 saturated carbocycles. The van der Waals surface area contributed by atoms with E-state index in [2.05, 4.69) is 30.9 Å². The van der Waals surface area contributed by atoms with Gasteiger partial charge in [0.05, 0.1) is 17.7 Å². The van der Waals surface area contributed by atoms with Gasteiger partial charge in [0, 0.05) is 0 Å². The van der Waals surface area contributed by atoms with E-state index in [0.29, 0.717) is 10.7 Å². The Hall–Kier alpha value is -1.83. The molecule has 0 aliphatic carbocycles. The van der Waals surface area contributed by atoms with E-state index in [9.17, 15) is 4.79 Å². The first-order valence-electron chi connectivity index (χ1n) is 4.20. The van der Waals surface area contributed by atoms with E-state index < -0.39 is 0 Å². The molecule has 2 aromatic rings. The number of hydrogen-bond acceptors (Lipinski definition) is 6. The monoisotopic (exact) mass is 224 g/mol. The first-order chi connectivity index (χ1) is 7.27. The number of H-pyrrole nitrogens is 1. The van der Waals surface area contributed by atoms with Crippen LogP contribution in [0.2, 0.25) is 0 Å². The third-order valence-corrected chi connectivity index (χ3v) is 2.52. The molecule has 15 heavy (non-hydrogen) atoms. The molecule has 0 spiro atoms. The van der Waals surface area contributed by atoms with Gasteiger partial charge in [0.15, 0.2) is 5.82 Å². The van der Waals surface area contributed by atoms with Crippen molar-refractivity contribution in [2.24, 2.45) is 0 Å². The molecule has 78 valence electrons. The fraction of sp³-hybridized carbons (Fsp3) is 0.286. The number of nitrogens with zero attached hydrogens (tertiary/aromatic N) is 4. The largest absolute Gasteiger partial charge is 0.341 e. The van der Waals surface area contributed by atoms with Gasteiger partial charge >= 0.3 is 0 Å². The van der Waals surface area contributed by atoms with Crippen LogP contribution in [0.1, 0.15) is 28.5 Å². The molecule has 1 atom stereocenters. The number of amides is 1. The molecule has 0 saturated heterocycles. The smallest absolute Gasteiger partial charge is 0.263 e. The quantitative estimate of drug-likeness (QED) is 0.773. The molecule has 0 fully saturated rings. The Bertz CT molecular complexity index is 424. The lowest BCUT2D eigenvalue weighted by molar-refractivity contribution is 0.0942. The number of carbonyl (C=O) groups excluding carboxylic acids is 1. The maximum atomic E-state index is 11.6. The summed E-state index contributed by atoms with van der Waals surface area (Å²) in [6.07, 6.45) is 1.52. The van der Waals surface area contributed by atoms with Crippen LogP contribution in [-0.2, 0) is 0 Å². The number of hydrogen-bond donors (Lipinski definition) is 2. The molecule has 0 aliphatic heterocycles. The van der Waals surface area contributed by atoms with Gasteiger partial charge in [-0.15, -0.1) is 21.5 Å². The number of carbonyl (C=O) groups is 1. The van der Waals surface area contributed by atoms with Crippen LogP contribution < -0.4 is 5.32 Å². The van der Waals surface area contributed by atoms with E-state index in [4.69, 9.17) is 0 Å². The zero-order valence-corrected chi connectivity index (χ0v) is 8.65. The highest BCUT2D eigenvalue weighted by atomic mass is 32.1. The molecule has 1 unspecified atom stereocenters. The van der Waals surface area contributed by atoms with Crippen molar-refractivity contribution in [2.45, 2.75) is 13.0 Å².